The first-order valence-electron chi connectivity index (χ1n) is 6.70. The van der Waals surface area contributed by atoms with Crippen molar-refractivity contribution in [2.75, 3.05) is 19.6 Å². The van der Waals surface area contributed by atoms with Gasteiger partial charge in [0.05, 0.1) is 0 Å². The van der Waals surface area contributed by atoms with Crippen molar-refractivity contribution in [2.24, 2.45) is 5.41 Å². The Morgan fingerprint density at radius 2 is 2.00 bits per heavy atom. The number of H-pyrrole nitrogens is 1. The van der Waals surface area contributed by atoms with Crippen molar-refractivity contribution in [3.63, 3.8) is 0 Å². The van der Waals surface area contributed by atoms with Crippen LogP contribution in [0.5, 0.6) is 0 Å². The number of carbonyl (C=O) groups excluding carboxylic acids is 2. The zero-order valence-corrected chi connectivity index (χ0v) is 11.0. The molecular weight excluding hydrogens is 260 g/mol. The number of rotatable bonds is 1. The molecule has 20 heavy (non-hydrogen) atoms. The summed E-state index contributed by atoms with van der Waals surface area (Å²) in [4.78, 5) is 36.3. The molecule has 3 rings (SSSR count). The van der Waals surface area contributed by atoms with Crippen molar-refractivity contribution in [1.82, 2.24) is 20.4 Å². The number of nitrogens with zero attached hydrogens (tertiary/aromatic N) is 2. The maximum Gasteiger partial charge on any atom is 0.274 e. The number of amides is 2. The number of nitrogens with one attached hydrogen (secondary N) is 2. The Balaban J connectivity index is 1.66. The summed E-state index contributed by atoms with van der Waals surface area (Å²) in [6.07, 6.45) is 2.20. The lowest BCUT2D eigenvalue weighted by Crippen LogP contribution is -2.44. The Hall–Kier alpha value is -2.18. The molecular formula is C13H16N4O3. The Morgan fingerprint density at radius 1 is 1.25 bits per heavy atom. The van der Waals surface area contributed by atoms with Crippen LogP contribution in [0.25, 0.3) is 0 Å². The van der Waals surface area contributed by atoms with Crippen molar-refractivity contribution in [3.8, 4) is 0 Å². The van der Waals surface area contributed by atoms with Gasteiger partial charge in [0.1, 0.15) is 5.69 Å². The van der Waals surface area contributed by atoms with Crippen LogP contribution in [0.4, 0.5) is 0 Å². The first kappa shape index (κ1) is 12.8. The van der Waals surface area contributed by atoms with Crippen molar-refractivity contribution in [2.45, 2.75) is 19.3 Å². The molecule has 0 radical (unpaired) electrons. The van der Waals surface area contributed by atoms with Gasteiger partial charge in [-0.3, -0.25) is 14.4 Å². The lowest BCUT2D eigenvalue weighted by molar-refractivity contribution is -0.119. The van der Waals surface area contributed by atoms with E-state index in [4.69, 9.17) is 0 Å². The molecule has 106 valence electrons. The molecule has 2 N–H and O–H groups in total. The highest BCUT2D eigenvalue weighted by Gasteiger charge is 2.41. The second kappa shape index (κ2) is 4.73. The van der Waals surface area contributed by atoms with Gasteiger partial charge in [-0.05, 0) is 24.3 Å². The molecule has 0 atom stereocenters. The van der Waals surface area contributed by atoms with E-state index in [9.17, 15) is 14.4 Å². The summed E-state index contributed by atoms with van der Waals surface area (Å²) in [6, 6.07) is 2.73. The van der Waals surface area contributed by atoms with E-state index in [2.05, 4.69) is 15.5 Å². The van der Waals surface area contributed by atoms with Crippen LogP contribution in [-0.2, 0) is 4.79 Å². The minimum Gasteiger partial charge on any atom is -0.356 e. The lowest BCUT2D eigenvalue weighted by Gasteiger charge is -2.37. The van der Waals surface area contributed by atoms with E-state index in [1.54, 1.807) is 4.90 Å². The zero-order valence-electron chi connectivity index (χ0n) is 11.0. The summed E-state index contributed by atoms with van der Waals surface area (Å²) >= 11 is 0. The van der Waals surface area contributed by atoms with Crippen LogP contribution in [0.15, 0.2) is 16.9 Å². The first-order chi connectivity index (χ1) is 9.58. The second-order valence-corrected chi connectivity index (χ2v) is 5.55. The van der Waals surface area contributed by atoms with Gasteiger partial charge in [-0.25, -0.2) is 5.10 Å². The van der Waals surface area contributed by atoms with Crippen LogP contribution in [0, 0.1) is 5.41 Å². The third kappa shape index (κ3) is 2.31. The Bertz CT molecular complexity index is 581. The number of hydrogen-bond acceptors (Lipinski definition) is 4. The quantitative estimate of drug-likeness (QED) is 0.723. The van der Waals surface area contributed by atoms with Gasteiger partial charge >= 0.3 is 0 Å². The van der Waals surface area contributed by atoms with Gasteiger partial charge < -0.3 is 10.2 Å². The Labute approximate surface area is 115 Å². The molecule has 7 heteroatoms. The van der Waals surface area contributed by atoms with Crippen LogP contribution < -0.4 is 10.9 Å². The highest BCUT2D eigenvalue weighted by atomic mass is 16.2. The van der Waals surface area contributed by atoms with Crippen LogP contribution in [0.1, 0.15) is 29.8 Å². The Morgan fingerprint density at radius 3 is 2.55 bits per heavy atom. The maximum atomic E-state index is 12.2. The lowest BCUT2D eigenvalue weighted by atomic mass is 9.77. The van der Waals surface area contributed by atoms with Gasteiger partial charge in [0.25, 0.3) is 11.5 Å². The van der Waals surface area contributed by atoms with E-state index in [-0.39, 0.29) is 28.5 Å². The summed E-state index contributed by atoms with van der Waals surface area (Å²) in [5, 5.41) is 8.89. The average Bonchev–Trinajstić information content (AvgIpc) is 2.81. The van der Waals surface area contributed by atoms with E-state index >= 15 is 0 Å². The van der Waals surface area contributed by atoms with E-state index in [1.807, 2.05) is 0 Å². The number of aromatic nitrogens is 2. The third-order valence-electron chi connectivity index (χ3n) is 4.21. The normalized spacial score (nSPS) is 21.0. The van der Waals surface area contributed by atoms with Crippen LogP contribution in [0.2, 0.25) is 0 Å². The highest BCUT2D eigenvalue weighted by Crippen LogP contribution is 2.37. The summed E-state index contributed by atoms with van der Waals surface area (Å²) < 4.78 is 0. The van der Waals surface area contributed by atoms with Gasteiger partial charge in [-0.1, -0.05) is 0 Å². The molecule has 0 bridgehead atoms. The van der Waals surface area contributed by atoms with E-state index in [1.165, 1.54) is 12.1 Å². The number of hydrogen-bond donors (Lipinski definition) is 2. The van der Waals surface area contributed by atoms with Crippen LogP contribution in [-0.4, -0.2) is 46.5 Å². The second-order valence-electron chi connectivity index (χ2n) is 5.55. The smallest absolute Gasteiger partial charge is 0.274 e. The zero-order chi connectivity index (χ0) is 14.2. The number of aromatic amines is 1. The molecule has 2 fully saturated rings. The summed E-state index contributed by atoms with van der Waals surface area (Å²) in [7, 11) is 0. The van der Waals surface area contributed by atoms with Crippen LogP contribution >= 0.6 is 0 Å². The molecule has 0 saturated carbocycles. The number of piperidine rings is 1. The summed E-state index contributed by atoms with van der Waals surface area (Å²) in [6.45, 7) is 1.95. The molecule has 2 saturated heterocycles. The summed E-state index contributed by atoms with van der Waals surface area (Å²) in [5.41, 5.74) is -0.0531. The first-order valence-corrected chi connectivity index (χ1v) is 6.70. The molecule has 2 amide bonds. The molecule has 0 aromatic carbocycles. The van der Waals surface area contributed by atoms with Gasteiger partial charge in [0, 0.05) is 32.1 Å². The minimum absolute atomic E-state index is 0.0201. The molecule has 0 unspecified atom stereocenters. The minimum atomic E-state index is -0.324. The Kier molecular flexibility index (Phi) is 3.04. The van der Waals surface area contributed by atoms with E-state index in [0.29, 0.717) is 26.1 Å². The van der Waals surface area contributed by atoms with E-state index in [0.717, 1.165) is 12.8 Å². The molecule has 7 nitrogen and oxygen atoms in total. The van der Waals surface area contributed by atoms with Gasteiger partial charge in [0.15, 0.2) is 0 Å². The van der Waals surface area contributed by atoms with Crippen LogP contribution in [0.3, 0.4) is 0 Å². The summed E-state index contributed by atoms with van der Waals surface area (Å²) in [5.74, 6) is -0.0690. The molecule has 0 aliphatic carbocycles. The fraction of sp³-hybridized carbons (Fsp3) is 0.538. The van der Waals surface area contributed by atoms with Gasteiger partial charge in [-0.15, -0.1) is 0 Å². The molecule has 2 aliphatic rings. The van der Waals surface area contributed by atoms with Gasteiger partial charge in [0.2, 0.25) is 5.91 Å². The molecule has 3 heterocycles. The van der Waals surface area contributed by atoms with Crippen molar-refractivity contribution in [1.29, 1.82) is 0 Å². The molecule has 2 aliphatic heterocycles. The molecule has 1 aromatic rings. The fourth-order valence-electron chi connectivity index (χ4n) is 2.91. The number of carbonyl (C=O) groups is 2. The van der Waals surface area contributed by atoms with Crippen molar-refractivity contribution in [3.05, 3.63) is 28.2 Å². The topological polar surface area (TPSA) is 95.2 Å². The SMILES string of the molecule is O=C1CC2(CCN(C(=O)c3ccc(=O)[nH]n3)CC2)CN1. The fourth-order valence-corrected chi connectivity index (χ4v) is 2.91. The monoisotopic (exact) mass is 276 g/mol. The molecule has 1 aromatic heterocycles. The standard InChI is InChI=1S/C13H16N4O3/c18-10-2-1-9(15-16-10)12(20)17-5-3-13(4-6-17)7-11(19)14-8-13/h1-2H,3-8H2,(H,14,19)(H,16,18). The molecule has 1 spiro atoms. The van der Waals surface area contributed by atoms with E-state index < -0.39 is 0 Å². The van der Waals surface area contributed by atoms with Crippen molar-refractivity contribution < 1.29 is 9.59 Å². The number of likely N-dealkylation sites (tertiary alicyclic amines) is 1. The van der Waals surface area contributed by atoms with Gasteiger partial charge in [-0.2, -0.15) is 5.10 Å². The third-order valence-corrected chi connectivity index (χ3v) is 4.21. The average molecular weight is 276 g/mol. The maximum absolute atomic E-state index is 12.2. The predicted molar refractivity (Wildman–Crippen MR) is 70.1 cm³/mol. The highest BCUT2D eigenvalue weighted by molar-refractivity contribution is 5.92. The largest absolute Gasteiger partial charge is 0.356 e. The van der Waals surface area contributed by atoms with Crippen molar-refractivity contribution >= 4 is 11.8 Å². The predicted octanol–water partition coefficient (Wildman–Crippen LogP) is -0.488.